The van der Waals surface area contributed by atoms with Crippen LogP contribution in [-0.4, -0.2) is 47.9 Å². The van der Waals surface area contributed by atoms with Gasteiger partial charge in [0.15, 0.2) is 5.78 Å². The summed E-state index contributed by atoms with van der Waals surface area (Å²) in [5, 5.41) is 7.92. The lowest BCUT2D eigenvalue weighted by Gasteiger charge is -2.31. The second-order valence-electron chi connectivity index (χ2n) is 6.34. The minimum absolute atomic E-state index is 0.126. The zero-order valence-corrected chi connectivity index (χ0v) is 15.6. The van der Waals surface area contributed by atoms with Crippen LogP contribution in [0.3, 0.4) is 0 Å². The summed E-state index contributed by atoms with van der Waals surface area (Å²) in [6.45, 7) is 3.91. The van der Waals surface area contributed by atoms with Crippen LogP contribution in [0.1, 0.15) is 35.8 Å². The highest BCUT2D eigenvalue weighted by Gasteiger charge is 2.31. The summed E-state index contributed by atoms with van der Waals surface area (Å²) in [7, 11) is -3.68. The number of hydrogen-bond donors (Lipinski definition) is 0. The molecule has 2 heterocycles. The molecule has 0 amide bonds. The Morgan fingerprint density at radius 2 is 2.04 bits per heavy atom. The van der Waals surface area contributed by atoms with Crippen molar-refractivity contribution >= 4 is 15.8 Å². The smallest absolute Gasteiger partial charge is 0.243 e. The van der Waals surface area contributed by atoms with Crippen LogP contribution in [-0.2, 0) is 10.0 Å². The second-order valence-corrected chi connectivity index (χ2v) is 8.28. The van der Waals surface area contributed by atoms with Gasteiger partial charge in [-0.3, -0.25) is 4.79 Å². The van der Waals surface area contributed by atoms with Crippen LogP contribution >= 0.6 is 0 Å². The van der Waals surface area contributed by atoms with E-state index >= 15 is 0 Å². The van der Waals surface area contributed by atoms with Crippen LogP contribution in [0.4, 0.5) is 0 Å². The normalized spacial score (nSPS) is 18.5. The maximum Gasteiger partial charge on any atom is 0.243 e. The van der Waals surface area contributed by atoms with Gasteiger partial charge in [0.05, 0.1) is 17.1 Å². The summed E-state index contributed by atoms with van der Waals surface area (Å²) < 4.78 is 33.1. The number of sulfonamides is 1. The number of ketones is 1. The van der Waals surface area contributed by atoms with Gasteiger partial charge in [0.2, 0.25) is 15.9 Å². The van der Waals surface area contributed by atoms with E-state index in [0.29, 0.717) is 24.4 Å². The number of Topliss-reactive ketones (excluding diaryl/α,β-unsaturated/α-hetero) is 1. The molecule has 138 valence electrons. The van der Waals surface area contributed by atoms with E-state index < -0.39 is 10.0 Å². The van der Waals surface area contributed by atoms with Crippen molar-refractivity contribution in [2.75, 3.05) is 13.1 Å². The van der Waals surface area contributed by atoms with Gasteiger partial charge in [-0.1, -0.05) is 12.1 Å². The molecule has 0 radical (unpaired) electrons. The van der Waals surface area contributed by atoms with Gasteiger partial charge in [-0.05, 0) is 44.9 Å². The Bertz CT molecular complexity index is 897. The number of nitrogens with zero attached hydrogens (tertiary/aromatic N) is 3. The first-order valence-corrected chi connectivity index (χ1v) is 9.88. The number of aryl methyl sites for hydroxylation is 1. The van der Waals surface area contributed by atoms with E-state index in [4.69, 9.17) is 4.74 Å². The third-order valence-corrected chi connectivity index (χ3v) is 6.14. The van der Waals surface area contributed by atoms with Crippen molar-refractivity contribution in [2.45, 2.75) is 37.7 Å². The van der Waals surface area contributed by atoms with E-state index in [1.807, 2.05) is 6.92 Å². The van der Waals surface area contributed by atoms with Gasteiger partial charge in [-0.25, -0.2) is 8.42 Å². The van der Waals surface area contributed by atoms with Gasteiger partial charge in [0.1, 0.15) is 6.10 Å². The zero-order valence-electron chi connectivity index (χ0n) is 14.8. The molecular formula is C18H21N3O4S. The number of carbonyl (C=O) groups is 1. The van der Waals surface area contributed by atoms with E-state index in [2.05, 4.69) is 10.2 Å². The lowest BCUT2D eigenvalue weighted by Crippen LogP contribution is -2.44. The Morgan fingerprint density at radius 1 is 1.23 bits per heavy atom. The Balaban J connectivity index is 1.76. The molecule has 0 aliphatic carbocycles. The maximum atomic E-state index is 12.9. The van der Waals surface area contributed by atoms with Gasteiger partial charge in [-0.15, -0.1) is 5.10 Å². The third-order valence-electron chi connectivity index (χ3n) is 4.28. The van der Waals surface area contributed by atoms with E-state index in [9.17, 15) is 13.2 Å². The Labute approximate surface area is 153 Å². The number of carbonyl (C=O) groups excluding carboxylic acids is 1. The summed E-state index contributed by atoms with van der Waals surface area (Å²) in [5.41, 5.74) is 1.17. The molecule has 0 N–H and O–H groups in total. The molecular weight excluding hydrogens is 354 g/mol. The second kappa shape index (κ2) is 7.51. The van der Waals surface area contributed by atoms with E-state index in [-0.39, 0.29) is 23.3 Å². The molecule has 1 unspecified atom stereocenters. The highest BCUT2D eigenvalue weighted by atomic mass is 32.2. The Morgan fingerprint density at radius 3 is 2.73 bits per heavy atom. The average Bonchev–Trinajstić information content (AvgIpc) is 2.64. The van der Waals surface area contributed by atoms with E-state index in [1.165, 1.54) is 23.4 Å². The molecule has 7 nitrogen and oxygen atoms in total. The molecule has 1 aromatic carbocycles. The number of hydrogen-bond acceptors (Lipinski definition) is 6. The molecule has 26 heavy (non-hydrogen) atoms. The van der Waals surface area contributed by atoms with Gasteiger partial charge >= 0.3 is 0 Å². The molecule has 2 aromatic rings. The van der Waals surface area contributed by atoms with Crippen molar-refractivity contribution in [1.82, 2.24) is 14.5 Å². The van der Waals surface area contributed by atoms with Crippen molar-refractivity contribution in [3.63, 3.8) is 0 Å². The lowest BCUT2D eigenvalue weighted by molar-refractivity contribution is 0.101. The molecule has 0 spiro atoms. The van der Waals surface area contributed by atoms with Crippen LogP contribution in [0, 0.1) is 6.92 Å². The Kier molecular flexibility index (Phi) is 5.33. The fourth-order valence-corrected chi connectivity index (χ4v) is 4.42. The quantitative estimate of drug-likeness (QED) is 0.745. The SMILES string of the molecule is CC(=O)c1cccc(S(=O)(=O)N2CCCC(Oc3ccc(C)nn3)C2)c1. The standard InChI is InChI=1S/C18H21N3O4S/c1-13-8-9-18(20-19-13)25-16-6-4-10-21(12-16)26(23,24)17-7-3-5-15(11-17)14(2)22/h3,5,7-9,11,16H,4,6,10,12H2,1-2H3. The van der Waals surface area contributed by atoms with Crippen LogP contribution < -0.4 is 4.74 Å². The summed E-state index contributed by atoms with van der Waals surface area (Å²) in [6.07, 6.45) is 1.15. The van der Waals surface area contributed by atoms with Crippen molar-refractivity contribution in [2.24, 2.45) is 0 Å². The third kappa shape index (κ3) is 4.08. The van der Waals surface area contributed by atoms with Gasteiger partial charge in [0, 0.05) is 18.2 Å². The predicted molar refractivity (Wildman–Crippen MR) is 95.6 cm³/mol. The van der Waals surface area contributed by atoms with Crippen molar-refractivity contribution < 1.29 is 17.9 Å². The molecule has 0 saturated carbocycles. The molecule has 1 fully saturated rings. The lowest BCUT2D eigenvalue weighted by atomic mass is 10.1. The maximum absolute atomic E-state index is 12.9. The van der Waals surface area contributed by atoms with Crippen molar-refractivity contribution in [3.05, 3.63) is 47.7 Å². The number of benzene rings is 1. The summed E-state index contributed by atoms with van der Waals surface area (Å²) in [5.74, 6) is 0.221. The minimum Gasteiger partial charge on any atom is -0.472 e. The van der Waals surface area contributed by atoms with Crippen molar-refractivity contribution in [3.8, 4) is 5.88 Å². The molecule has 1 aliphatic heterocycles. The number of piperidine rings is 1. The number of rotatable bonds is 5. The highest BCUT2D eigenvalue weighted by Crippen LogP contribution is 2.23. The molecule has 3 rings (SSSR count). The fourth-order valence-electron chi connectivity index (χ4n) is 2.86. The first-order valence-electron chi connectivity index (χ1n) is 8.44. The van der Waals surface area contributed by atoms with Crippen LogP contribution in [0.15, 0.2) is 41.3 Å². The number of aromatic nitrogens is 2. The fraction of sp³-hybridized carbons (Fsp3) is 0.389. The van der Waals surface area contributed by atoms with Crippen LogP contribution in [0.25, 0.3) is 0 Å². The molecule has 1 aromatic heterocycles. The van der Waals surface area contributed by atoms with Gasteiger partial charge in [0.25, 0.3) is 0 Å². The van der Waals surface area contributed by atoms with Crippen LogP contribution in [0.5, 0.6) is 5.88 Å². The van der Waals surface area contributed by atoms with E-state index in [0.717, 1.165) is 12.1 Å². The predicted octanol–water partition coefficient (Wildman–Crippen LogP) is 2.22. The van der Waals surface area contributed by atoms with E-state index in [1.54, 1.807) is 24.3 Å². The first kappa shape index (κ1) is 18.5. The van der Waals surface area contributed by atoms with Gasteiger partial charge < -0.3 is 4.74 Å². The largest absolute Gasteiger partial charge is 0.472 e. The monoisotopic (exact) mass is 375 g/mol. The van der Waals surface area contributed by atoms with Crippen molar-refractivity contribution in [1.29, 1.82) is 0 Å². The number of ether oxygens (including phenoxy) is 1. The molecule has 1 saturated heterocycles. The highest BCUT2D eigenvalue weighted by molar-refractivity contribution is 7.89. The summed E-state index contributed by atoms with van der Waals surface area (Å²) in [6, 6.07) is 9.66. The van der Waals surface area contributed by atoms with Gasteiger partial charge in [-0.2, -0.15) is 9.40 Å². The Hall–Kier alpha value is -2.32. The summed E-state index contributed by atoms with van der Waals surface area (Å²) in [4.78, 5) is 11.7. The van der Waals surface area contributed by atoms with Crippen LogP contribution in [0.2, 0.25) is 0 Å². The minimum atomic E-state index is -3.68. The molecule has 8 heteroatoms. The first-order chi connectivity index (χ1) is 12.4. The average molecular weight is 375 g/mol. The molecule has 1 atom stereocenters. The summed E-state index contributed by atoms with van der Waals surface area (Å²) >= 11 is 0. The topological polar surface area (TPSA) is 89.5 Å². The molecule has 1 aliphatic rings. The zero-order chi connectivity index (χ0) is 18.7. The molecule has 0 bridgehead atoms.